The minimum Gasteiger partial charge on any atom is -0.455 e. The van der Waals surface area contributed by atoms with Crippen molar-refractivity contribution in [2.75, 3.05) is 16.8 Å². The topological polar surface area (TPSA) is 53.6 Å². The number of amides is 1. The zero-order valence-electron chi connectivity index (χ0n) is 18.3. The molecule has 0 aromatic heterocycles. The lowest BCUT2D eigenvalue weighted by molar-refractivity contribution is -0.174. The average molecular weight is 467 g/mol. The summed E-state index contributed by atoms with van der Waals surface area (Å²) in [5.41, 5.74) is 3.54. The van der Waals surface area contributed by atoms with Crippen LogP contribution in [0.1, 0.15) is 30.0 Å². The van der Waals surface area contributed by atoms with Crippen molar-refractivity contribution in [3.63, 3.8) is 0 Å². The quantitative estimate of drug-likeness (QED) is 0.510. The molecule has 1 fully saturated rings. The Balaban J connectivity index is 1.50. The van der Waals surface area contributed by atoms with Crippen LogP contribution in [-0.4, -0.2) is 24.7 Å². The summed E-state index contributed by atoms with van der Waals surface area (Å²) in [6, 6.07) is 21.9. The Labute approximate surface area is 195 Å². The molecule has 2 unspecified atom stereocenters. The third kappa shape index (κ3) is 4.40. The van der Waals surface area contributed by atoms with Crippen LogP contribution in [-0.2, 0) is 11.3 Å². The first kappa shape index (κ1) is 22.1. The molecule has 0 spiro atoms. The van der Waals surface area contributed by atoms with E-state index in [0.717, 1.165) is 22.5 Å². The fraction of sp³-hybridized carbons (Fsp3) is 0.269. The number of hydrogen-bond acceptors (Lipinski definition) is 4. The Kier molecular flexibility index (Phi) is 5.81. The number of nitrogens with one attached hydrogen (secondary N) is 2. The van der Waals surface area contributed by atoms with Crippen molar-refractivity contribution >= 4 is 17.3 Å². The van der Waals surface area contributed by atoms with Gasteiger partial charge in [0.15, 0.2) is 5.75 Å². The van der Waals surface area contributed by atoms with Gasteiger partial charge in [0.2, 0.25) is 0 Å². The van der Waals surface area contributed by atoms with E-state index in [9.17, 15) is 18.0 Å². The number of benzene rings is 3. The molecule has 2 aliphatic heterocycles. The minimum atomic E-state index is -4.94. The summed E-state index contributed by atoms with van der Waals surface area (Å²) in [7, 11) is 0. The van der Waals surface area contributed by atoms with E-state index in [2.05, 4.69) is 15.5 Å². The summed E-state index contributed by atoms with van der Waals surface area (Å²) in [5.74, 6) is -0.710. The second kappa shape index (κ2) is 8.93. The maximum absolute atomic E-state index is 13.1. The van der Waals surface area contributed by atoms with Gasteiger partial charge in [-0.2, -0.15) is 13.2 Å². The fourth-order valence-electron chi connectivity index (χ4n) is 4.73. The van der Waals surface area contributed by atoms with E-state index in [0.29, 0.717) is 37.4 Å². The van der Waals surface area contributed by atoms with Gasteiger partial charge in [-0.1, -0.05) is 48.5 Å². The molecule has 2 aliphatic rings. The van der Waals surface area contributed by atoms with Crippen molar-refractivity contribution in [1.29, 1.82) is 0 Å². The summed E-state index contributed by atoms with van der Waals surface area (Å²) in [4.78, 5) is 13.9. The van der Waals surface area contributed by atoms with E-state index in [1.165, 1.54) is 0 Å². The van der Waals surface area contributed by atoms with E-state index < -0.39 is 24.2 Å². The number of hydrogen-bond donors (Lipinski definition) is 2. The van der Waals surface area contributed by atoms with E-state index in [4.69, 9.17) is 4.74 Å². The molecule has 0 saturated carbocycles. The Morgan fingerprint density at radius 1 is 1.00 bits per heavy atom. The van der Waals surface area contributed by atoms with Gasteiger partial charge in [-0.05, 0) is 42.7 Å². The first-order chi connectivity index (χ1) is 16.4. The fourth-order valence-corrected chi connectivity index (χ4v) is 4.73. The molecule has 2 heterocycles. The van der Waals surface area contributed by atoms with E-state index >= 15 is 0 Å². The van der Waals surface area contributed by atoms with Gasteiger partial charge >= 0.3 is 12.1 Å². The summed E-state index contributed by atoms with van der Waals surface area (Å²) in [6.07, 6.45) is -3.85. The zero-order chi connectivity index (χ0) is 23.7. The van der Waals surface area contributed by atoms with Crippen molar-refractivity contribution < 1.29 is 22.7 Å². The highest BCUT2D eigenvalue weighted by atomic mass is 19.4. The van der Waals surface area contributed by atoms with Crippen molar-refractivity contribution in [2.45, 2.75) is 37.6 Å². The van der Waals surface area contributed by atoms with Gasteiger partial charge in [0.1, 0.15) is 5.75 Å². The molecular weight excluding hydrogens is 443 g/mol. The van der Waals surface area contributed by atoms with E-state index in [-0.39, 0.29) is 0 Å². The lowest BCUT2D eigenvalue weighted by atomic mass is 9.89. The third-order valence-electron chi connectivity index (χ3n) is 6.27. The molecule has 5 rings (SSSR count). The predicted octanol–water partition coefficient (Wildman–Crippen LogP) is 5.79. The van der Waals surface area contributed by atoms with Crippen molar-refractivity contribution in [2.24, 2.45) is 0 Å². The minimum absolute atomic E-state index is 0.443. The number of piperidine rings is 1. The predicted molar refractivity (Wildman–Crippen MR) is 124 cm³/mol. The molecule has 1 amide bonds. The molecule has 176 valence electrons. The third-order valence-corrected chi connectivity index (χ3v) is 6.27. The van der Waals surface area contributed by atoms with Gasteiger partial charge in [0, 0.05) is 24.3 Å². The normalized spacial score (nSPS) is 19.1. The van der Waals surface area contributed by atoms with Crippen LogP contribution >= 0.6 is 0 Å². The van der Waals surface area contributed by atoms with Gasteiger partial charge in [-0.3, -0.25) is 4.79 Å². The first-order valence-electron chi connectivity index (χ1n) is 11.2. The van der Waals surface area contributed by atoms with Crippen LogP contribution in [0.5, 0.6) is 11.5 Å². The van der Waals surface area contributed by atoms with Gasteiger partial charge in [-0.15, -0.1) is 0 Å². The Morgan fingerprint density at radius 2 is 1.76 bits per heavy atom. The number of halogens is 3. The number of carbonyl (C=O) groups is 1. The number of para-hydroxylation sites is 1. The summed E-state index contributed by atoms with van der Waals surface area (Å²) in [6.45, 7) is 1.27. The van der Waals surface area contributed by atoms with Crippen LogP contribution in [0.2, 0.25) is 0 Å². The van der Waals surface area contributed by atoms with Crippen LogP contribution in [0.4, 0.5) is 24.5 Å². The number of ether oxygens (including phenoxy) is 1. The van der Waals surface area contributed by atoms with Gasteiger partial charge < -0.3 is 20.3 Å². The summed E-state index contributed by atoms with van der Waals surface area (Å²) in [5, 5.41) is 5.65. The van der Waals surface area contributed by atoms with E-state index in [1.807, 2.05) is 66.7 Å². The van der Waals surface area contributed by atoms with Crippen LogP contribution in [0.3, 0.4) is 0 Å². The molecule has 1 saturated heterocycles. The largest absolute Gasteiger partial charge is 0.471 e. The molecular formula is C26H24F3N3O2. The summed E-state index contributed by atoms with van der Waals surface area (Å²) >= 11 is 0. The maximum atomic E-state index is 13.1. The number of anilines is 2. The van der Waals surface area contributed by atoms with Crippen LogP contribution in [0, 0.1) is 0 Å². The number of alkyl halides is 3. The van der Waals surface area contributed by atoms with Crippen LogP contribution < -0.4 is 20.3 Å². The molecule has 8 heteroatoms. The number of fused-ring (bicyclic) bond motifs is 5. The monoisotopic (exact) mass is 467 g/mol. The van der Waals surface area contributed by atoms with Crippen LogP contribution in [0.25, 0.3) is 0 Å². The molecule has 2 N–H and O–H groups in total. The molecule has 2 atom stereocenters. The maximum Gasteiger partial charge on any atom is 0.471 e. The van der Waals surface area contributed by atoms with Crippen molar-refractivity contribution in [3.8, 4) is 11.5 Å². The first-order valence-corrected chi connectivity index (χ1v) is 11.2. The van der Waals surface area contributed by atoms with Crippen molar-refractivity contribution in [1.82, 2.24) is 5.32 Å². The second-order valence-electron chi connectivity index (χ2n) is 8.52. The van der Waals surface area contributed by atoms with E-state index in [1.54, 1.807) is 6.07 Å². The Bertz CT molecular complexity index is 1180. The molecule has 34 heavy (non-hydrogen) atoms. The second-order valence-corrected chi connectivity index (χ2v) is 8.52. The number of rotatable bonds is 4. The van der Waals surface area contributed by atoms with Crippen LogP contribution in [0.15, 0.2) is 72.8 Å². The zero-order valence-corrected chi connectivity index (χ0v) is 18.3. The highest BCUT2D eigenvalue weighted by Gasteiger charge is 2.44. The average Bonchev–Trinajstić information content (AvgIpc) is 2.97. The van der Waals surface area contributed by atoms with Crippen molar-refractivity contribution in [3.05, 3.63) is 83.9 Å². The Hall–Kier alpha value is -3.68. The molecule has 0 radical (unpaired) electrons. The standard InChI is InChI=1S/C26H24F3N3O2/c27-26(28,29)25(33)31-20-10-6-14-32-21-15-18(30-16-17-7-2-1-3-8-17)12-13-23(21)34-22-11-5-4-9-19(22)24(20)32/h1-5,7-9,11-13,15,20,24,30H,6,10,14,16H2,(H,31,33). The summed E-state index contributed by atoms with van der Waals surface area (Å²) < 4.78 is 45.4. The highest BCUT2D eigenvalue weighted by molar-refractivity contribution is 5.82. The SMILES string of the molecule is O=C(NC1CCCN2c3cc(NCc4ccccc4)ccc3Oc3ccccc3C12)C(F)(F)F. The highest BCUT2D eigenvalue weighted by Crippen LogP contribution is 2.48. The molecule has 3 aromatic rings. The lowest BCUT2D eigenvalue weighted by Gasteiger charge is -2.42. The Morgan fingerprint density at radius 3 is 2.56 bits per heavy atom. The lowest BCUT2D eigenvalue weighted by Crippen LogP contribution is -2.52. The number of nitrogens with zero attached hydrogens (tertiary/aromatic N) is 1. The number of carbonyl (C=O) groups excluding carboxylic acids is 1. The van der Waals surface area contributed by atoms with Gasteiger partial charge in [0.25, 0.3) is 0 Å². The molecule has 0 aliphatic carbocycles. The molecule has 0 bridgehead atoms. The molecule has 3 aromatic carbocycles. The molecule has 5 nitrogen and oxygen atoms in total. The van der Waals surface area contributed by atoms with Gasteiger partial charge in [-0.25, -0.2) is 0 Å². The van der Waals surface area contributed by atoms with Gasteiger partial charge in [0.05, 0.1) is 17.8 Å². The smallest absolute Gasteiger partial charge is 0.455 e.